The average molecular weight is 197 g/mol. The molecule has 0 bridgehead atoms. The van der Waals surface area contributed by atoms with E-state index in [1.165, 1.54) is 0 Å². The molecule has 6 heteroatoms. The maximum atomic E-state index is 10.5. The van der Waals surface area contributed by atoms with Crippen LogP contribution in [-0.4, -0.2) is 34.3 Å². The van der Waals surface area contributed by atoms with E-state index in [0.29, 0.717) is 11.8 Å². The molecule has 2 heterocycles. The fourth-order valence-corrected chi connectivity index (χ4v) is 1.37. The monoisotopic (exact) mass is 197 g/mol. The Labute approximate surface area is 80.3 Å². The summed E-state index contributed by atoms with van der Waals surface area (Å²) in [6, 6.07) is 0. The molecule has 2 rings (SSSR count). The quantitative estimate of drug-likeness (QED) is 0.714. The standard InChI is InChI=1S/C8H11N3O3/c1-4(5-2-9-3-5)7-10-6(8(12)13)11-14-7/h4-5,9H,2-3H2,1H3,(H,12,13). The summed E-state index contributed by atoms with van der Waals surface area (Å²) in [6.07, 6.45) is 0. The average Bonchev–Trinajstić information content (AvgIpc) is 2.48. The van der Waals surface area contributed by atoms with Crippen LogP contribution < -0.4 is 5.32 Å². The summed E-state index contributed by atoms with van der Waals surface area (Å²) in [4.78, 5) is 14.3. The van der Waals surface area contributed by atoms with E-state index < -0.39 is 5.97 Å². The van der Waals surface area contributed by atoms with E-state index in [-0.39, 0.29) is 11.7 Å². The minimum absolute atomic E-state index is 0.122. The Morgan fingerprint density at radius 1 is 1.71 bits per heavy atom. The predicted molar refractivity (Wildman–Crippen MR) is 46.0 cm³/mol. The number of aromatic nitrogens is 2. The van der Waals surface area contributed by atoms with Crippen LogP contribution in [0.4, 0.5) is 0 Å². The van der Waals surface area contributed by atoms with Gasteiger partial charge in [-0.1, -0.05) is 6.92 Å². The van der Waals surface area contributed by atoms with Gasteiger partial charge >= 0.3 is 5.97 Å². The molecule has 6 nitrogen and oxygen atoms in total. The SMILES string of the molecule is CC(c1nc(C(=O)O)no1)C1CNC1. The first kappa shape index (κ1) is 9.14. The highest BCUT2D eigenvalue weighted by Gasteiger charge is 2.29. The first-order valence-corrected chi connectivity index (χ1v) is 4.46. The van der Waals surface area contributed by atoms with E-state index in [1.807, 2.05) is 6.92 Å². The van der Waals surface area contributed by atoms with Crippen molar-refractivity contribution in [1.82, 2.24) is 15.5 Å². The van der Waals surface area contributed by atoms with Gasteiger partial charge in [0.05, 0.1) is 0 Å². The summed E-state index contributed by atoms with van der Waals surface area (Å²) in [5.41, 5.74) is 0. The first-order valence-electron chi connectivity index (χ1n) is 4.46. The second kappa shape index (κ2) is 3.38. The van der Waals surface area contributed by atoms with Gasteiger partial charge in [0.25, 0.3) is 5.82 Å². The molecule has 1 aliphatic heterocycles. The first-order chi connectivity index (χ1) is 6.68. The molecule has 0 radical (unpaired) electrons. The number of carboxylic acids is 1. The summed E-state index contributed by atoms with van der Waals surface area (Å²) in [5, 5.41) is 15.1. The zero-order valence-electron chi connectivity index (χ0n) is 7.73. The summed E-state index contributed by atoms with van der Waals surface area (Å²) in [5.74, 6) is -0.416. The van der Waals surface area contributed by atoms with E-state index in [0.717, 1.165) is 13.1 Å². The van der Waals surface area contributed by atoms with Gasteiger partial charge in [-0.05, 0) is 24.2 Å². The number of nitrogens with zero attached hydrogens (tertiary/aromatic N) is 2. The molecule has 1 aromatic rings. The van der Waals surface area contributed by atoms with Crippen LogP contribution in [0.2, 0.25) is 0 Å². The second-order valence-corrected chi connectivity index (χ2v) is 3.47. The van der Waals surface area contributed by atoms with Gasteiger partial charge < -0.3 is 14.9 Å². The normalized spacial score (nSPS) is 18.9. The van der Waals surface area contributed by atoms with Crippen molar-refractivity contribution in [2.45, 2.75) is 12.8 Å². The fourth-order valence-electron chi connectivity index (χ4n) is 1.37. The maximum Gasteiger partial charge on any atom is 0.377 e. The van der Waals surface area contributed by atoms with Gasteiger partial charge in [-0.15, -0.1) is 0 Å². The summed E-state index contributed by atoms with van der Waals surface area (Å²) in [6.45, 7) is 3.81. The van der Waals surface area contributed by atoms with Crippen LogP contribution in [0.25, 0.3) is 0 Å². The lowest BCUT2D eigenvalue weighted by Crippen LogP contribution is -2.44. The third-order valence-corrected chi connectivity index (χ3v) is 2.54. The molecule has 1 aromatic heterocycles. The number of hydrogen-bond donors (Lipinski definition) is 2. The molecule has 0 amide bonds. The van der Waals surface area contributed by atoms with E-state index in [2.05, 4.69) is 15.5 Å². The lowest BCUT2D eigenvalue weighted by molar-refractivity contribution is 0.0680. The zero-order chi connectivity index (χ0) is 10.1. The molecular weight excluding hydrogens is 186 g/mol. The Morgan fingerprint density at radius 2 is 2.43 bits per heavy atom. The number of carboxylic acid groups (broad SMARTS) is 1. The fraction of sp³-hybridized carbons (Fsp3) is 0.625. The third kappa shape index (κ3) is 1.48. The van der Waals surface area contributed by atoms with Crippen molar-refractivity contribution in [3.05, 3.63) is 11.7 Å². The summed E-state index contributed by atoms with van der Waals surface area (Å²) < 4.78 is 4.87. The van der Waals surface area contributed by atoms with Gasteiger partial charge in [0, 0.05) is 5.92 Å². The highest BCUT2D eigenvalue weighted by atomic mass is 16.5. The molecule has 76 valence electrons. The minimum atomic E-state index is -1.15. The van der Waals surface area contributed by atoms with Gasteiger partial charge in [0.2, 0.25) is 5.89 Å². The van der Waals surface area contributed by atoms with Crippen molar-refractivity contribution in [3.8, 4) is 0 Å². The largest absolute Gasteiger partial charge is 0.475 e. The molecule has 0 spiro atoms. The Bertz CT molecular complexity index is 345. The third-order valence-electron chi connectivity index (χ3n) is 2.54. The van der Waals surface area contributed by atoms with Crippen LogP contribution in [0, 0.1) is 5.92 Å². The lowest BCUT2D eigenvalue weighted by Gasteiger charge is -2.30. The Hall–Kier alpha value is -1.43. The Balaban J connectivity index is 2.11. The molecule has 1 aliphatic rings. The van der Waals surface area contributed by atoms with Gasteiger partial charge in [0.1, 0.15) is 0 Å². The topological polar surface area (TPSA) is 88.2 Å². The van der Waals surface area contributed by atoms with Gasteiger partial charge in [-0.3, -0.25) is 0 Å². The van der Waals surface area contributed by atoms with Gasteiger partial charge in [-0.2, -0.15) is 4.98 Å². The molecule has 1 unspecified atom stereocenters. The molecule has 2 N–H and O–H groups in total. The second-order valence-electron chi connectivity index (χ2n) is 3.47. The molecule has 1 atom stereocenters. The highest BCUT2D eigenvalue weighted by Crippen LogP contribution is 2.25. The smallest absolute Gasteiger partial charge is 0.377 e. The zero-order valence-corrected chi connectivity index (χ0v) is 7.73. The van der Waals surface area contributed by atoms with Crippen LogP contribution in [-0.2, 0) is 0 Å². The number of carbonyl (C=O) groups is 1. The van der Waals surface area contributed by atoms with Crippen molar-refractivity contribution in [3.63, 3.8) is 0 Å². The Morgan fingerprint density at radius 3 is 2.86 bits per heavy atom. The molecular formula is C8H11N3O3. The van der Waals surface area contributed by atoms with Crippen LogP contribution in [0.15, 0.2) is 4.52 Å². The predicted octanol–water partition coefficient (Wildman–Crippen LogP) is 0.0907. The maximum absolute atomic E-state index is 10.5. The van der Waals surface area contributed by atoms with Crippen molar-refractivity contribution < 1.29 is 14.4 Å². The Kier molecular flexibility index (Phi) is 2.20. The van der Waals surface area contributed by atoms with E-state index in [1.54, 1.807) is 0 Å². The molecule has 0 saturated carbocycles. The van der Waals surface area contributed by atoms with Crippen LogP contribution in [0.1, 0.15) is 29.4 Å². The number of nitrogens with one attached hydrogen (secondary N) is 1. The molecule has 0 aliphatic carbocycles. The number of rotatable bonds is 3. The van der Waals surface area contributed by atoms with Gasteiger partial charge in [-0.25, -0.2) is 4.79 Å². The molecule has 1 fully saturated rings. The van der Waals surface area contributed by atoms with Crippen molar-refractivity contribution >= 4 is 5.97 Å². The summed E-state index contributed by atoms with van der Waals surface area (Å²) in [7, 11) is 0. The molecule has 14 heavy (non-hydrogen) atoms. The van der Waals surface area contributed by atoms with Crippen LogP contribution >= 0.6 is 0 Å². The number of hydrogen-bond acceptors (Lipinski definition) is 5. The lowest BCUT2D eigenvalue weighted by atomic mass is 9.89. The molecule has 1 saturated heterocycles. The number of aromatic carboxylic acids is 1. The van der Waals surface area contributed by atoms with E-state index >= 15 is 0 Å². The summed E-state index contributed by atoms with van der Waals surface area (Å²) >= 11 is 0. The van der Waals surface area contributed by atoms with E-state index in [4.69, 9.17) is 9.63 Å². The van der Waals surface area contributed by atoms with E-state index in [9.17, 15) is 4.79 Å². The minimum Gasteiger partial charge on any atom is -0.475 e. The van der Waals surface area contributed by atoms with Crippen molar-refractivity contribution in [1.29, 1.82) is 0 Å². The van der Waals surface area contributed by atoms with Crippen LogP contribution in [0.5, 0.6) is 0 Å². The molecule has 0 aromatic carbocycles. The highest BCUT2D eigenvalue weighted by molar-refractivity contribution is 5.82. The van der Waals surface area contributed by atoms with Crippen LogP contribution in [0.3, 0.4) is 0 Å². The van der Waals surface area contributed by atoms with Crippen molar-refractivity contribution in [2.24, 2.45) is 5.92 Å². The van der Waals surface area contributed by atoms with Gasteiger partial charge in [0.15, 0.2) is 0 Å². The van der Waals surface area contributed by atoms with Crippen molar-refractivity contribution in [2.75, 3.05) is 13.1 Å².